The Kier molecular flexibility index (Phi) is 9.66. The van der Waals surface area contributed by atoms with E-state index in [4.69, 9.17) is 5.21 Å². The number of hydrogen-bond acceptors (Lipinski definition) is 5. The van der Waals surface area contributed by atoms with Gasteiger partial charge < -0.3 is 20.3 Å². The van der Waals surface area contributed by atoms with Crippen LogP contribution >= 0.6 is 0 Å². The van der Waals surface area contributed by atoms with Crippen LogP contribution in [0.15, 0.2) is 59.3 Å². The third-order valence-electron chi connectivity index (χ3n) is 7.30. The fourth-order valence-corrected chi connectivity index (χ4v) is 5.09. The van der Waals surface area contributed by atoms with Gasteiger partial charge in [0.1, 0.15) is 0 Å². The summed E-state index contributed by atoms with van der Waals surface area (Å²) in [5.74, 6) is 0.274. The van der Waals surface area contributed by atoms with E-state index in [1.54, 1.807) is 6.08 Å². The highest BCUT2D eigenvalue weighted by atomic mass is 16.4. The smallest absolute Gasteiger partial charge is 0.229 e. The first-order valence-corrected chi connectivity index (χ1v) is 12.7. The Labute approximate surface area is 209 Å². The first-order valence-electron chi connectivity index (χ1n) is 12.7. The second kappa shape index (κ2) is 12.7. The zero-order valence-electron chi connectivity index (χ0n) is 21.3. The van der Waals surface area contributed by atoms with E-state index in [0.29, 0.717) is 6.54 Å². The highest BCUT2D eigenvalue weighted by Crippen LogP contribution is 2.42. The predicted molar refractivity (Wildman–Crippen MR) is 139 cm³/mol. The lowest BCUT2D eigenvalue weighted by Crippen LogP contribution is -2.45. The van der Waals surface area contributed by atoms with E-state index in [-0.39, 0.29) is 29.2 Å². The van der Waals surface area contributed by atoms with Gasteiger partial charge in [0.25, 0.3) is 0 Å². The van der Waals surface area contributed by atoms with Gasteiger partial charge in [-0.2, -0.15) is 0 Å². The van der Waals surface area contributed by atoms with Crippen molar-refractivity contribution in [1.82, 2.24) is 15.1 Å². The maximum Gasteiger partial charge on any atom is 0.229 e. The van der Waals surface area contributed by atoms with Crippen LogP contribution < -0.4 is 5.32 Å². The van der Waals surface area contributed by atoms with Crippen LogP contribution in [0.25, 0.3) is 0 Å². The average molecular weight is 481 g/mol. The Morgan fingerprint density at radius 2 is 1.86 bits per heavy atom. The van der Waals surface area contributed by atoms with Crippen LogP contribution in [-0.4, -0.2) is 65.8 Å². The molecular weight excluding hydrogens is 440 g/mol. The summed E-state index contributed by atoms with van der Waals surface area (Å²) >= 11 is 0. The van der Waals surface area contributed by atoms with E-state index in [1.807, 2.05) is 56.0 Å². The van der Waals surface area contributed by atoms with Gasteiger partial charge in [-0.15, -0.1) is 0 Å². The molecule has 7 heteroatoms. The zero-order valence-corrected chi connectivity index (χ0v) is 21.3. The summed E-state index contributed by atoms with van der Waals surface area (Å²) in [4.78, 5) is 30.1. The number of carbonyl (C=O) groups excluding carboxylic acids is 2. The average Bonchev–Trinajstić information content (AvgIpc) is 3.16. The van der Waals surface area contributed by atoms with Gasteiger partial charge >= 0.3 is 0 Å². The van der Waals surface area contributed by atoms with Crippen LogP contribution in [0.3, 0.4) is 0 Å². The molecule has 2 fully saturated rings. The summed E-state index contributed by atoms with van der Waals surface area (Å²) in [6.45, 7) is 9.75. The van der Waals surface area contributed by atoms with Gasteiger partial charge in [0.2, 0.25) is 11.8 Å². The normalized spacial score (nSPS) is 19.9. The number of oxime groups is 1. The lowest BCUT2D eigenvalue weighted by Gasteiger charge is -2.38. The van der Waals surface area contributed by atoms with Crippen molar-refractivity contribution in [3.63, 3.8) is 0 Å². The predicted octanol–water partition coefficient (Wildman–Crippen LogP) is 4.17. The van der Waals surface area contributed by atoms with Gasteiger partial charge in [0.15, 0.2) is 0 Å². The summed E-state index contributed by atoms with van der Waals surface area (Å²) in [5, 5.41) is 15.0. The molecule has 0 radical (unpaired) electrons. The monoisotopic (exact) mass is 480 g/mol. The highest BCUT2D eigenvalue weighted by molar-refractivity contribution is 5.85. The van der Waals surface area contributed by atoms with Gasteiger partial charge in [-0.05, 0) is 62.9 Å². The first-order chi connectivity index (χ1) is 16.9. The molecule has 1 aromatic carbocycles. The number of carbonyl (C=O) groups is 2. The maximum atomic E-state index is 13.4. The van der Waals surface area contributed by atoms with E-state index in [0.717, 1.165) is 63.0 Å². The number of hydrogen-bond donors (Lipinski definition) is 2. The molecule has 35 heavy (non-hydrogen) atoms. The zero-order chi connectivity index (χ0) is 25.3. The summed E-state index contributed by atoms with van der Waals surface area (Å²) in [6.07, 6.45) is 10.4. The Balaban J connectivity index is 1.56. The van der Waals surface area contributed by atoms with E-state index < -0.39 is 0 Å². The molecule has 2 heterocycles. The molecular formula is C28H40N4O3. The fraction of sp³-hybridized carbons (Fsp3) is 0.536. The van der Waals surface area contributed by atoms with Crippen LogP contribution in [0.5, 0.6) is 0 Å². The molecule has 0 unspecified atom stereocenters. The van der Waals surface area contributed by atoms with Crippen LogP contribution in [0.2, 0.25) is 0 Å². The van der Waals surface area contributed by atoms with E-state index in [9.17, 15) is 9.59 Å². The minimum atomic E-state index is -0.257. The highest BCUT2D eigenvalue weighted by Gasteiger charge is 2.47. The van der Waals surface area contributed by atoms with Crippen molar-refractivity contribution in [3.8, 4) is 0 Å². The molecule has 0 aliphatic carbocycles. The molecule has 1 spiro atoms. The van der Waals surface area contributed by atoms with Gasteiger partial charge in [-0.1, -0.05) is 61.5 Å². The summed E-state index contributed by atoms with van der Waals surface area (Å²) < 4.78 is 0. The molecule has 2 amide bonds. The van der Waals surface area contributed by atoms with Gasteiger partial charge in [0, 0.05) is 25.6 Å². The maximum absolute atomic E-state index is 13.4. The number of piperidine rings is 1. The Morgan fingerprint density at radius 3 is 2.49 bits per heavy atom. The molecule has 0 saturated carbocycles. The topological polar surface area (TPSA) is 85.2 Å². The lowest BCUT2D eigenvalue weighted by atomic mass is 9.77. The molecule has 0 bridgehead atoms. The molecule has 3 rings (SSSR count). The van der Waals surface area contributed by atoms with Crippen molar-refractivity contribution < 1.29 is 14.8 Å². The number of benzene rings is 1. The quantitative estimate of drug-likeness (QED) is 0.228. The van der Waals surface area contributed by atoms with Crippen molar-refractivity contribution in [2.45, 2.75) is 52.5 Å². The second-order valence-electron chi connectivity index (χ2n) is 10.0. The van der Waals surface area contributed by atoms with Gasteiger partial charge in [-0.3, -0.25) is 9.59 Å². The van der Waals surface area contributed by atoms with E-state index in [1.165, 1.54) is 6.21 Å². The van der Waals surface area contributed by atoms with Crippen LogP contribution in [0.1, 0.15) is 58.1 Å². The molecule has 1 aromatic rings. The molecule has 1 atom stereocenters. The van der Waals surface area contributed by atoms with Gasteiger partial charge in [0.05, 0.1) is 17.7 Å². The van der Waals surface area contributed by atoms with Crippen molar-refractivity contribution in [2.75, 3.05) is 32.7 Å². The van der Waals surface area contributed by atoms with E-state index in [2.05, 4.69) is 27.5 Å². The van der Waals surface area contributed by atoms with Crippen molar-refractivity contribution in [3.05, 3.63) is 59.7 Å². The second-order valence-corrected chi connectivity index (χ2v) is 10.0. The van der Waals surface area contributed by atoms with Gasteiger partial charge in [-0.25, -0.2) is 0 Å². The number of amides is 2. The fourth-order valence-electron chi connectivity index (χ4n) is 5.09. The summed E-state index contributed by atoms with van der Waals surface area (Å²) in [5.41, 5.74) is 1.82. The lowest BCUT2D eigenvalue weighted by molar-refractivity contribution is -0.138. The largest absolute Gasteiger partial charge is 0.411 e. The molecule has 2 aliphatic heterocycles. The molecule has 2 N–H and O–H groups in total. The molecule has 7 nitrogen and oxygen atoms in total. The molecule has 190 valence electrons. The summed E-state index contributed by atoms with van der Waals surface area (Å²) in [7, 11) is 0. The standard InChI is InChI=1S/C28H40N4O3/c1-4-8-23(11-16-29-35)21-32-20-15-28(27(32)34)13-18-31(19-14-28)17-12-25(30-26(33)22(2)3)24-9-6-5-7-10-24/h4-11,16,22,25,35H,12-15,17-21H2,1-3H3,(H,30,33)/b8-4-,23-11+,29-16+/t25-/m0/s1. The Bertz CT molecular complexity index is 931. The first kappa shape index (κ1) is 26.7. The van der Waals surface area contributed by atoms with Crippen LogP contribution in [-0.2, 0) is 9.59 Å². The van der Waals surface area contributed by atoms with Crippen molar-refractivity contribution in [1.29, 1.82) is 0 Å². The SMILES string of the molecule is C\C=C/C(=C\C=N\O)CN1CCC2(CCN(CC[C@H](NC(=O)C(C)C)c3ccccc3)CC2)C1=O. The molecule has 2 aliphatic rings. The Hall–Kier alpha value is -2.93. The summed E-state index contributed by atoms with van der Waals surface area (Å²) in [6, 6.07) is 10.2. The molecule has 2 saturated heterocycles. The number of nitrogens with one attached hydrogen (secondary N) is 1. The van der Waals surface area contributed by atoms with Crippen LogP contribution in [0.4, 0.5) is 0 Å². The number of likely N-dealkylation sites (tertiary alicyclic amines) is 2. The third kappa shape index (κ3) is 7.04. The van der Waals surface area contributed by atoms with E-state index >= 15 is 0 Å². The van der Waals surface area contributed by atoms with Crippen LogP contribution in [0, 0.1) is 11.3 Å². The number of allylic oxidation sites excluding steroid dienone is 2. The minimum Gasteiger partial charge on any atom is -0.411 e. The number of nitrogens with zero attached hydrogens (tertiary/aromatic N) is 3. The van der Waals surface area contributed by atoms with Crippen molar-refractivity contribution >= 4 is 18.0 Å². The number of rotatable bonds is 10. The Morgan fingerprint density at radius 1 is 1.17 bits per heavy atom. The molecule has 0 aromatic heterocycles. The third-order valence-corrected chi connectivity index (χ3v) is 7.30. The van der Waals surface area contributed by atoms with Crippen molar-refractivity contribution in [2.24, 2.45) is 16.5 Å². The minimum absolute atomic E-state index is 0.00937.